The fraction of sp³-hybridized carbons (Fsp3) is 0.773. The standard InChI is InChI=1S/C44H76O13Si/c1-15-30(26-53-27-31-19-17-16-18-20-31)21-29(2)34(45)22-32(51-11)25-37(46)43(6,7)40(47)38-36(55-44(8,9)56-38)24-33(57-58(13,14)42(3,4)5)23-35(52-12)39(41(48)49)54-28-50-10/h16-21,30,32-39,45-46H,15,22-28H2,1-14H3,(H,48,49)/b29-21-/t30-,32-,33+,34+,35-,36-,37+,38-,39+/m1/s1. The molecule has 0 amide bonds. The summed E-state index contributed by atoms with van der Waals surface area (Å²) in [5.74, 6) is -2.58. The quantitative estimate of drug-likeness (QED) is 0.0468. The Hall–Kier alpha value is -2.08. The molecule has 0 saturated carbocycles. The summed E-state index contributed by atoms with van der Waals surface area (Å²) in [5, 5.41) is 32.7. The maximum Gasteiger partial charge on any atom is 0.335 e. The number of methoxy groups -OCH3 is 3. The van der Waals surface area contributed by atoms with Crippen LogP contribution in [0.1, 0.15) is 100.0 Å². The van der Waals surface area contributed by atoms with Gasteiger partial charge in [0.25, 0.3) is 0 Å². The largest absolute Gasteiger partial charge is 0.479 e. The van der Waals surface area contributed by atoms with E-state index >= 15 is 0 Å². The van der Waals surface area contributed by atoms with Crippen molar-refractivity contribution in [2.45, 2.75) is 174 Å². The fourth-order valence-corrected chi connectivity index (χ4v) is 8.20. The average Bonchev–Trinajstić information content (AvgIpc) is 3.45. The van der Waals surface area contributed by atoms with Gasteiger partial charge < -0.3 is 52.9 Å². The third-order valence-electron chi connectivity index (χ3n) is 11.7. The summed E-state index contributed by atoms with van der Waals surface area (Å²) in [6.45, 7) is 22.1. The number of Topliss-reactive ketones (excluding diaryl/α,β-unsaturated/α-hetero) is 1. The number of ether oxygens (including phenoxy) is 7. The van der Waals surface area contributed by atoms with Crippen molar-refractivity contribution in [1.82, 2.24) is 0 Å². The van der Waals surface area contributed by atoms with E-state index in [0.717, 1.165) is 17.6 Å². The summed E-state index contributed by atoms with van der Waals surface area (Å²) in [6.07, 6.45) is -3.76. The second-order valence-electron chi connectivity index (χ2n) is 18.2. The highest BCUT2D eigenvalue weighted by atomic mass is 28.4. The zero-order valence-electron chi connectivity index (χ0n) is 37.7. The monoisotopic (exact) mass is 841 g/mol. The van der Waals surface area contributed by atoms with Crippen molar-refractivity contribution in [1.29, 1.82) is 0 Å². The van der Waals surface area contributed by atoms with Crippen LogP contribution in [0, 0.1) is 11.3 Å². The number of aliphatic hydroxyl groups excluding tert-OH is 2. The number of rotatable bonds is 27. The van der Waals surface area contributed by atoms with Gasteiger partial charge >= 0.3 is 5.97 Å². The molecule has 1 fully saturated rings. The number of ketones is 1. The van der Waals surface area contributed by atoms with E-state index in [1.807, 2.05) is 43.3 Å². The Morgan fingerprint density at radius 3 is 2.12 bits per heavy atom. The number of hydrogen-bond acceptors (Lipinski definition) is 12. The second-order valence-corrected chi connectivity index (χ2v) is 23.0. The number of carboxylic acids is 1. The third-order valence-corrected chi connectivity index (χ3v) is 16.2. The van der Waals surface area contributed by atoms with Gasteiger partial charge in [0, 0.05) is 52.9 Å². The van der Waals surface area contributed by atoms with Gasteiger partial charge in [0.05, 0.1) is 55.3 Å². The lowest BCUT2D eigenvalue weighted by molar-refractivity contribution is -0.175. The molecule has 0 spiro atoms. The number of aliphatic carboxylic acids is 1. The molecule has 14 heteroatoms. The van der Waals surface area contributed by atoms with Crippen LogP contribution in [0.2, 0.25) is 18.1 Å². The summed E-state index contributed by atoms with van der Waals surface area (Å²) in [6, 6.07) is 9.98. The molecule has 3 N–H and O–H groups in total. The lowest BCUT2D eigenvalue weighted by Crippen LogP contribution is -2.50. The minimum absolute atomic E-state index is 0.0866. The van der Waals surface area contributed by atoms with Crippen molar-refractivity contribution < 1.29 is 62.5 Å². The SMILES string of the molecule is CC[C@H](/C=C(/C)[C@@H](O)C[C@H](C[C@H](O)C(C)(C)C(=O)[C@@H]1OC(C)(C)O[C@@H]1C[C@H](C[C@@H](OC)[C@H](OCOC)C(=O)O)O[Si](C)(C)C(C)(C)C)OC)COCc1ccccc1. The number of hydrogen-bond donors (Lipinski definition) is 3. The Labute approximate surface area is 349 Å². The first kappa shape index (κ1) is 52.1. The molecule has 2 rings (SSSR count). The van der Waals surface area contributed by atoms with E-state index in [0.29, 0.717) is 13.2 Å². The highest BCUT2D eigenvalue weighted by molar-refractivity contribution is 6.74. The molecule has 9 atom stereocenters. The normalized spacial score (nSPS) is 21.6. The minimum Gasteiger partial charge on any atom is -0.479 e. The van der Waals surface area contributed by atoms with Gasteiger partial charge in [-0.3, -0.25) is 4.79 Å². The lowest BCUT2D eigenvalue weighted by Gasteiger charge is -2.41. The van der Waals surface area contributed by atoms with Crippen LogP contribution in [0.25, 0.3) is 0 Å². The molecule has 0 aromatic heterocycles. The van der Waals surface area contributed by atoms with Crippen LogP contribution in [0.4, 0.5) is 0 Å². The van der Waals surface area contributed by atoms with Crippen LogP contribution in [-0.2, 0) is 53.8 Å². The molecule has 0 bridgehead atoms. The van der Waals surface area contributed by atoms with Gasteiger partial charge in [0.15, 0.2) is 26.0 Å². The number of aliphatic hydroxyl groups is 2. The highest BCUT2D eigenvalue weighted by Crippen LogP contribution is 2.42. The van der Waals surface area contributed by atoms with Crippen molar-refractivity contribution in [3.05, 3.63) is 47.5 Å². The summed E-state index contributed by atoms with van der Waals surface area (Å²) >= 11 is 0. The van der Waals surface area contributed by atoms with Crippen molar-refractivity contribution in [3.63, 3.8) is 0 Å². The Morgan fingerprint density at radius 2 is 1.59 bits per heavy atom. The molecule has 13 nitrogen and oxygen atoms in total. The Morgan fingerprint density at radius 1 is 0.948 bits per heavy atom. The third kappa shape index (κ3) is 15.7. The van der Waals surface area contributed by atoms with E-state index in [-0.39, 0.29) is 49.2 Å². The average molecular weight is 841 g/mol. The molecule has 0 aliphatic carbocycles. The van der Waals surface area contributed by atoms with Crippen molar-refractivity contribution in [2.24, 2.45) is 11.3 Å². The smallest absolute Gasteiger partial charge is 0.335 e. The molecule has 1 aromatic rings. The van der Waals surface area contributed by atoms with Gasteiger partial charge in [0.1, 0.15) is 12.9 Å². The summed E-state index contributed by atoms with van der Waals surface area (Å²) in [7, 11) is 1.90. The van der Waals surface area contributed by atoms with Crippen molar-refractivity contribution >= 4 is 20.1 Å². The first-order valence-corrected chi connectivity index (χ1v) is 23.5. The van der Waals surface area contributed by atoms with Crippen LogP contribution in [-0.4, -0.2) is 125 Å². The van der Waals surface area contributed by atoms with Gasteiger partial charge in [-0.2, -0.15) is 0 Å². The molecule has 58 heavy (non-hydrogen) atoms. The maximum atomic E-state index is 14.5. The number of carbonyl (C=O) groups excluding carboxylic acids is 1. The molecule has 334 valence electrons. The highest BCUT2D eigenvalue weighted by Gasteiger charge is 2.52. The molecular weight excluding hydrogens is 765 g/mol. The van der Waals surface area contributed by atoms with Gasteiger partial charge in [-0.1, -0.05) is 78.0 Å². The second kappa shape index (κ2) is 23.2. The minimum atomic E-state index is -2.46. The Balaban J connectivity index is 2.25. The Kier molecular flexibility index (Phi) is 20.8. The molecule has 1 aliphatic heterocycles. The predicted octanol–water partition coefficient (Wildman–Crippen LogP) is 7.07. The first-order chi connectivity index (χ1) is 26.9. The Bertz CT molecular complexity index is 1410. The molecular formula is C44H76O13Si. The van der Waals surface area contributed by atoms with E-state index in [1.54, 1.807) is 27.7 Å². The molecule has 1 aromatic carbocycles. The van der Waals surface area contributed by atoms with E-state index < -0.39 is 74.3 Å². The van der Waals surface area contributed by atoms with Crippen LogP contribution in [0.5, 0.6) is 0 Å². The van der Waals surface area contributed by atoms with Crippen LogP contribution in [0.15, 0.2) is 42.0 Å². The molecule has 0 unspecified atom stereocenters. The van der Waals surface area contributed by atoms with Crippen molar-refractivity contribution in [3.8, 4) is 0 Å². The predicted molar refractivity (Wildman–Crippen MR) is 225 cm³/mol. The van der Waals surface area contributed by atoms with Crippen LogP contribution in [0.3, 0.4) is 0 Å². The topological polar surface area (TPSA) is 169 Å². The summed E-state index contributed by atoms with van der Waals surface area (Å²) in [5.41, 5.74) is 0.576. The van der Waals surface area contributed by atoms with Gasteiger partial charge in [-0.15, -0.1) is 0 Å². The first-order valence-electron chi connectivity index (χ1n) is 20.6. The van der Waals surface area contributed by atoms with Gasteiger partial charge in [-0.25, -0.2) is 4.79 Å². The van der Waals surface area contributed by atoms with E-state index in [2.05, 4.69) is 40.8 Å². The van der Waals surface area contributed by atoms with Crippen molar-refractivity contribution in [2.75, 3.05) is 34.7 Å². The fourth-order valence-electron chi connectivity index (χ4n) is 6.82. The number of benzene rings is 1. The van der Waals surface area contributed by atoms with Gasteiger partial charge in [-0.05, 0) is 56.5 Å². The van der Waals surface area contributed by atoms with Gasteiger partial charge in [0.2, 0.25) is 0 Å². The molecule has 1 aliphatic rings. The zero-order chi connectivity index (χ0) is 44.1. The van der Waals surface area contributed by atoms with Crippen LogP contribution >= 0.6 is 0 Å². The lowest BCUT2D eigenvalue weighted by atomic mass is 9.76. The zero-order valence-corrected chi connectivity index (χ0v) is 38.7. The molecule has 0 radical (unpaired) electrons. The maximum absolute atomic E-state index is 14.5. The van der Waals surface area contributed by atoms with E-state index in [4.69, 9.17) is 37.6 Å². The number of carboxylic acid groups (broad SMARTS) is 1. The molecule has 1 heterocycles. The van der Waals surface area contributed by atoms with E-state index in [9.17, 15) is 24.9 Å². The summed E-state index contributed by atoms with van der Waals surface area (Å²) in [4.78, 5) is 26.8. The summed E-state index contributed by atoms with van der Waals surface area (Å²) < 4.78 is 47.4. The van der Waals surface area contributed by atoms with Crippen LogP contribution < -0.4 is 0 Å². The number of carbonyl (C=O) groups is 2. The van der Waals surface area contributed by atoms with E-state index in [1.165, 1.54) is 21.3 Å². The molecule has 1 saturated heterocycles.